The summed E-state index contributed by atoms with van der Waals surface area (Å²) in [6, 6.07) is 0.896. The molecule has 1 amide bonds. The zero-order chi connectivity index (χ0) is 16.2. The third-order valence-electron chi connectivity index (χ3n) is 4.74. The van der Waals surface area contributed by atoms with Gasteiger partial charge in [-0.3, -0.25) is 0 Å². The van der Waals surface area contributed by atoms with Gasteiger partial charge in [0.15, 0.2) is 0 Å². The predicted octanol–water partition coefficient (Wildman–Crippen LogP) is 2.53. The van der Waals surface area contributed by atoms with Crippen molar-refractivity contribution in [2.45, 2.75) is 77.0 Å². The number of amides is 1. The number of hydrogen-bond acceptors (Lipinski definition) is 4. The van der Waals surface area contributed by atoms with Gasteiger partial charge in [-0.05, 0) is 52.4 Å². The van der Waals surface area contributed by atoms with E-state index in [2.05, 4.69) is 5.32 Å². The minimum Gasteiger partial charge on any atom is -0.444 e. The fraction of sp³-hybridized carbons (Fsp3) is 0.941. The number of hydrogen-bond donors (Lipinski definition) is 2. The third kappa shape index (κ3) is 5.13. The van der Waals surface area contributed by atoms with Gasteiger partial charge in [0.25, 0.3) is 0 Å². The summed E-state index contributed by atoms with van der Waals surface area (Å²) in [4.78, 5) is 13.9. The summed E-state index contributed by atoms with van der Waals surface area (Å²) in [5, 5.41) is 13.2. The van der Waals surface area contributed by atoms with Gasteiger partial charge in [-0.25, -0.2) is 4.79 Å². The SMILES string of the molecule is CC(C)(C)OC(=O)N1CCC(N[C@@H]2CCCC[C@H]2CO)CC1. The van der Waals surface area contributed by atoms with Crippen LogP contribution in [0.2, 0.25) is 0 Å². The summed E-state index contributed by atoms with van der Waals surface area (Å²) < 4.78 is 5.43. The van der Waals surface area contributed by atoms with Crippen molar-refractivity contribution in [3.05, 3.63) is 0 Å². The maximum absolute atomic E-state index is 12.1. The van der Waals surface area contributed by atoms with E-state index >= 15 is 0 Å². The maximum Gasteiger partial charge on any atom is 0.410 e. The standard InChI is InChI=1S/C17H32N2O3/c1-17(2,3)22-16(21)19-10-8-14(9-11-19)18-15-7-5-4-6-13(15)12-20/h13-15,18,20H,4-12H2,1-3H3/t13-,15+/m0/s1. The Morgan fingerprint density at radius 2 is 1.82 bits per heavy atom. The number of nitrogens with zero attached hydrogens (tertiary/aromatic N) is 1. The highest BCUT2D eigenvalue weighted by atomic mass is 16.6. The van der Waals surface area contributed by atoms with Gasteiger partial charge in [0.05, 0.1) is 0 Å². The lowest BCUT2D eigenvalue weighted by Gasteiger charge is -2.38. The zero-order valence-corrected chi connectivity index (χ0v) is 14.3. The molecule has 22 heavy (non-hydrogen) atoms. The van der Waals surface area contributed by atoms with Crippen molar-refractivity contribution >= 4 is 6.09 Å². The third-order valence-corrected chi connectivity index (χ3v) is 4.74. The first-order valence-corrected chi connectivity index (χ1v) is 8.74. The molecule has 0 radical (unpaired) electrons. The molecule has 1 aliphatic heterocycles. The number of aliphatic hydroxyl groups excluding tert-OH is 1. The highest BCUT2D eigenvalue weighted by molar-refractivity contribution is 5.68. The van der Waals surface area contributed by atoms with Gasteiger partial charge < -0.3 is 20.1 Å². The Labute approximate surface area is 134 Å². The lowest BCUT2D eigenvalue weighted by molar-refractivity contribution is 0.0189. The van der Waals surface area contributed by atoms with Crippen LogP contribution in [0.1, 0.15) is 59.3 Å². The van der Waals surface area contributed by atoms with Crippen LogP contribution in [0.5, 0.6) is 0 Å². The van der Waals surface area contributed by atoms with Crippen molar-refractivity contribution < 1.29 is 14.6 Å². The van der Waals surface area contributed by atoms with E-state index in [9.17, 15) is 9.90 Å². The summed E-state index contributed by atoms with van der Waals surface area (Å²) in [5.74, 6) is 0.401. The molecule has 2 fully saturated rings. The van der Waals surface area contributed by atoms with Crippen molar-refractivity contribution in [2.24, 2.45) is 5.92 Å². The first-order chi connectivity index (χ1) is 10.4. The van der Waals surface area contributed by atoms with Crippen molar-refractivity contribution in [3.63, 3.8) is 0 Å². The molecule has 2 atom stereocenters. The van der Waals surface area contributed by atoms with Gasteiger partial charge >= 0.3 is 6.09 Å². The molecule has 2 N–H and O–H groups in total. The van der Waals surface area contributed by atoms with Gasteiger partial charge in [-0.2, -0.15) is 0 Å². The molecule has 5 nitrogen and oxygen atoms in total. The minimum absolute atomic E-state index is 0.197. The van der Waals surface area contributed by atoms with Crippen molar-refractivity contribution in [1.29, 1.82) is 0 Å². The molecule has 0 bridgehead atoms. The summed E-state index contributed by atoms with van der Waals surface area (Å²) in [6.45, 7) is 7.49. The van der Waals surface area contributed by atoms with E-state index in [1.54, 1.807) is 0 Å². The molecule has 2 rings (SSSR count). The molecule has 0 aromatic carbocycles. The fourth-order valence-electron chi connectivity index (χ4n) is 3.50. The number of likely N-dealkylation sites (tertiary alicyclic amines) is 1. The van der Waals surface area contributed by atoms with Crippen molar-refractivity contribution in [2.75, 3.05) is 19.7 Å². The zero-order valence-electron chi connectivity index (χ0n) is 14.3. The minimum atomic E-state index is -0.428. The molecule has 5 heteroatoms. The van der Waals surface area contributed by atoms with E-state index < -0.39 is 5.60 Å². The second-order valence-electron chi connectivity index (χ2n) is 7.74. The lowest BCUT2D eigenvalue weighted by Crippen LogP contribution is -2.51. The van der Waals surface area contributed by atoms with Crippen LogP contribution in [0.25, 0.3) is 0 Å². The molecule has 2 aliphatic rings. The summed E-state index contributed by atoms with van der Waals surface area (Å²) in [6.07, 6.45) is 6.52. The second kappa shape index (κ2) is 7.64. The Kier molecular flexibility index (Phi) is 6.09. The smallest absolute Gasteiger partial charge is 0.410 e. The van der Waals surface area contributed by atoms with Gasteiger partial charge in [-0.15, -0.1) is 0 Å². The molecular formula is C17H32N2O3. The molecular weight excluding hydrogens is 280 g/mol. The van der Waals surface area contributed by atoms with Gasteiger partial charge in [-0.1, -0.05) is 12.8 Å². The van der Waals surface area contributed by atoms with Crippen LogP contribution in [0, 0.1) is 5.92 Å². The number of aliphatic hydroxyl groups is 1. The Morgan fingerprint density at radius 1 is 1.18 bits per heavy atom. The molecule has 1 saturated heterocycles. The summed E-state index contributed by atoms with van der Waals surface area (Å²) in [7, 11) is 0. The molecule has 0 aromatic rings. The van der Waals surface area contributed by atoms with Crippen LogP contribution >= 0.6 is 0 Å². The monoisotopic (exact) mass is 312 g/mol. The molecule has 1 heterocycles. The average Bonchev–Trinajstić information content (AvgIpc) is 2.47. The topological polar surface area (TPSA) is 61.8 Å². The summed E-state index contributed by atoms with van der Waals surface area (Å²) >= 11 is 0. The Bertz CT molecular complexity index is 359. The number of carbonyl (C=O) groups excluding carboxylic acids is 1. The fourth-order valence-corrected chi connectivity index (χ4v) is 3.50. The molecule has 128 valence electrons. The number of carbonyl (C=O) groups is 1. The van der Waals surface area contributed by atoms with Crippen LogP contribution in [0.4, 0.5) is 4.79 Å². The van der Waals surface area contributed by atoms with Crippen LogP contribution in [0.15, 0.2) is 0 Å². The molecule has 1 aliphatic carbocycles. The van der Waals surface area contributed by atoms with E-state index in [0.29, 0.717) is 18.0 Å². The van der Waals surface area contributed by atoms with Gasteiger partial charge in [0.1, 0.15) is 5.60 Å². The first-order valence-electron chi connectivity index (χ1n) is 8.74. The van der Waals surface area contributed by atoms with Crippen LogP contribution < -0.4 is 5.32 Å². The largest absolute Gasteiger partial charge is 0.444 e. The van der Waals surface area contributed by atoms with E-state index in [4.69, 9.17) is 4.74 Å². The van der Waals surface area contributed by atoms with Crippen molar-refractivity contribution in [3.8, 4) is 0 Å². The van der Waals surface area contributed by atoms with E-state index in [1.165, 1.54) is 12.8 Å². The van der Waals surface area contributed by atoms with Gasteiger partial charge in [0.2, 0.25) is 0 Å². The number of piperidine rings is 1. The highest BCUT2D eigenvalue weighted by Crippen LogP contribution is 2.25. The van der Waals surface area contributed by atoms with Crippen LogP contribution in [-0.4, -0.2) is 53.5 Å². The first kappa shape index (κ1) is 17.5. The predicted molar refractivity (Wildman–Crippen MR) is 86.8 cm³/mol. The molecule has 0 spiro atoms. The van der Waals surface area contributed by atoms with E-state index in [-0.39, 0.29) is 12.7 Å². The second-order valence-corrected chi connectivity index (χ2v) is 7.74. The lowest BCUT2D eigenvalue weighted by atomic mass is 9.84. The van der Waals surface area contributed by atoms with E-state index in [0.717, 1.165) is 38.8 Å². The number of rotatable bonds is 3. The van der Waals surface area contributed by atoms with Crippen molar-refractivity contribution in [1.82, 2.24) is 10.2 Å². The summed E-state index contributed by atoms with van der Waals surface area (Å²) in [5.41, 5.74) is -0.428. The number of nitrogens with one attached hydrogen (secondary N) is 1. The Balaban J connectivity index is 1.76. The molecule has 0 unspecified atom stereocenters. The highest BCUT2D eigenvalue weighted by Gasteiger charge is 2.30. The maximum atomic E-state index is 12.1. The molecule has 0 aromatic heterocycles. The quantitative estimate of drug-likeness (QED) is 0.840. The van der Waals surface area contributed by atoms with Crippen LogP contribution in [-0.2, 0) is 4.74 Å². The van der Waals surface area contributed by atoms with E-state index in [1.807, 2.05) is 25.7 Å². The normalized spacial score (nSPS) is 27.7. The Hall–Kier alpha value is -0.810. The number of ether oxygens (including phenoxy) is 1. The Morgan fingerprint density at radius 3 is 2.41 bits per heavy atom. The van der Waals surface area contributed by atoms with Gasteiger partial charge in [0, 0.05) is 31.8 Å². The molecule has 1 saturated carbocycles. The van der Waals surface area contributed by atoms with Crippen LogP contribution in [0.3, 0.4) is 0 Å². The average molecular weight is 312 g/mol.